The first-order chi connectivity index (χ1) is 10.8. The first-order valence-electron chi connectivity index (χ1n) is 7.01. The number of nitrogens with zero attached hydrogens (tertiary/aromatic N) is 3. The maximum absolute atomic E-state index is 12.7. The molecule has 1 aromatic heterocycles. The van der Waals surface area contributed by atoms with E-state index in [1.54, 1.807) is 6.07 Å². The number of hydrogen-bond acceptors (Lipinski definition) is 5. The first-order valence-corrected chi connectivity index (χ1v) is 9.79. The van der Waals surface area contributed by atoms with E-state index in [2.05, 4.69) is 33.8 Å². The fourth-order valence-electron chi connectivity index (χ4n) is 2.03. The van der Waals surface area contributed by atoms with Crippen molar-refractivity contribution >= 4 is 62.0 Å². The highest BCUT2D eigenvalue weighted by atomic mass is 79.9. The molecule has 2 unspecified atom stereocenters. The highest BCUT2D eigenvalue weighted by Crippen LogP contribution is 2.32. The zero-order valence-electron chi connectivity index (χ0n) is 13.1. The minimum atomic E-state index is -1.21. The van der Waals surface area contributed by atoms with E-state index in [0.717, 1.165) is 11.9 Å². The summed E-state index contributed by atoms with van der Waals surface area (Å²) in [6.07, 6.45) is 0. The third kappa shape index (κ3) is 4.70. The van der Waals surface area contributed by atoms with Gasteiger partial charge in [-0.3, -0.25) is 4.21 Å². The fraction of sp³-hybridized carbons (Fsp3) is 0.500. The number of aromatic nitrogens is 2. The SMILES string of the molecule is CC(COCCN(C)C)S(=O)c1cc(Cl)c2c(c1)c(Br)nn2S. The topological polar surface area (TPSA) is 47.4 Å². The summed E-state index contributed by atoms with van der Waals surface area (Å²) >= 11 is 13.9. The molecular weight excluding hydrogens is 422 g/mol. The van der Waals surface area contributed by atoms with Crippen molar-refractivity contribution in [3.63, 3.8) is 0 Å². The van der Waals surface area contributed by atoms with E-state index in [4.69, 9.17) is 16.3 Å². The van der Waals surface area contributed by atoms with Gasteiger partial charge in [0, 0.05) is 16.8 Å². The number of benzene rings is 1. The summed E-state index contributed by atoms with van der Waals surface area (Å²) in [5, 5.41) is 5.29. The smallest absolute Gasteiger partial charge is 0.137 e. The van der Waals surface area contributed by atoms with E-state index >= 15 is 0 Å². The monoisotopic (exact) mass is 439 g/mol. The second-order valence-electron chi connectivity index (χ2n) is 5.47. The van der Waals surface area contributed by atoms with Gasteiger partial charge in [-0.2, -0.15) is 5.10 Å². The van der Waals surface area contributed by atoms with Crippen molar-refractivity contribution in [3.05, 3.63) is 21.8 Å². The molecule has 0 amide bonds. The van der Waals surface area contributed by atoms with E-state index < -0.39 is 10.8 Å². The molecule has 9 heteroatoms. The molecule has 0 radical (unpaired) electrons. The lowest BCUT2D eigenvalue weighted by atomic mass is 10.2. The van der Waals surface area contributed by atoms with Crippen LogP contribution < -0.4 is 0 Å². The predicted octanol–water partition coefficient (Wildman–Crippen LogP) is 3.22. The van der Waals surface area contributed by atoms with Crippen molar-refractivity contribution in [2.45, 2.75) is 17.1 Å². The lowest BCUT2D eigenvalue weighted by Crippen LogP contribution is -2.23. The summed E-state index contributed by atoms with van der Waals surface area (Å²) in [4.78, 5) is 2.70. The molecule has 2 atom stereocenters. The number of fused-ring (bicyclic) bond motifs is 1. The van der Waals surface area contributed by atoms with Gasteiger partial charge in [-0.25, -0.2) is 4.09 Å². The van der Waals surface area contributed by atoms with E-state index in [0.29, 0.717) is 33.3 Å². The summed E-state index contributed by atoms with van der Waals surface area (Å²) in [5.41, 5.74) is 0.692. The molecule has 0 aliphatic heterocycles. The Labute approximate surface area is 157 Å². The lowest BCUT2D eigenvalue weighted by Gasteiger charge is -2.14. The van der Waals surface area contributed by atoms with Crippen LogP contribution in [0.15, 0.2) is 21.6 Å². The van der Waals surface area contributed by atoms with Gasteiger partial charge in [-0.15, -0.1) is 0 Å². The van der Waals surface area contributed by atoms with E-state index in [-0.39, 0.29) is 5.25 Å². The summed E-state index contributed by atoms with van der Waals surface area (Å²) in [6.45, 7) is 3.79. The van der Waals surface area contributed by atoms with Crippen LogP contribution in [0.2, 0.25) is 5.02 Å². The van der Waals surface area contributed by atoms with Crippen LogP contribution in [0.5, 0.6) is 0 Å². The van der Waals surface area contributed by atoms with Crippen molar-refractivity contribution in [1.29, 1.82) is 0 Å². The molecule has 2 rings (SSSR count). The Hall–Kier alpha value is -0.120. The molecule has 0 aliphatic carbocycles. The molecule has 128 valence electrons. The number of ether oxygens (including phenoxy) is 1. The highest BCUT2D eigenvalue weighted by Gasteiger charge is 2.18. The Balaban J connectivity index is 2.13. The quantitative estimate of drug-likeness (QED) is 0.530. The van der Waals surface area contributed by atoms with Gasteiger partial charge in [0.15, 0.2) is 0 Å². The minimum absolute atomic E-state index is 0.129. The average Bonchev–Trinajstić information content (AvgIpc) is 2.77. The number of likely N-dealkylation sites (N-methyl/N-ethyl adjacent to an activating group) is 1. The number of rotatable bonds is 7. The van der Waals surface area contributed by atoms with Crippen LogP contribution in [0.25, 0.3) is 10.9 Å². The van der Waals surface area contributed by atoms with Gasteiger partial charge in [0.25, 0.3) is 0 Å². The fourth-order valence-corrected chi connectivity index (χ4v) is 4.49. The molecule has 2 aromatic rings. The molecule has 0 saturated carbocycles. The van der Waals surface area contributed by atoms with Crippen LogP contribution in [-0.2, 0) is 15.5 Å². The molecule has 0 aliphatic rings. The molecule has 0 saturated heterocycles. The largest absolute Gasteiger partial charge is 0.379 e. The van der Waals surface area contributed by atoms with Crippen molar-refractivity contribution < 1.29 is 8.95 Å². The van der Waals surface area contributed by atoms with Gasteiger partial charge in [0.1, 0.15) is 10.1 Å². The zero-order chi connectivity index (χ0) is 17.1. The van der Waals surface area contributed by atoms with Crippen LogP contribution in [0, 0.1) is 0 Å². The van der Waals surface area contributed by atoms with Crippen LogP contribution in [-0.4, -0.2) is 57.4 Å². The highest BCUT2D eigenvalue weighted by molar-refractivity contribution is 9.10. The van der Waals surface area contributed by atoms with Gasteiger partial charge in [-0.05, 0) is 61.9 Å². The molecule has 0 bridgehead atoms. The number of halogens is 2. The molecular formula is C14H19BrClN3O2S2. The summed E-state index contributed by atoms with van der Waals surface area (Å²) in [5.74, 6) is 0. The van der Waals surface area contributed by atoms with Crippen molar-refractivity contribution in [1.82, 2.24) is 14.1 Å². The van der Waals surface area contributed by atoms with Crippen LogP contribution >= 0.6 is 40.3 Å². The van der Waals surface area contributed by atoms with Gasteiger partial charge in [-0.1, -0.05) is 11.6 Å². The van der Waals surface area contributed by atoms with Gasteiger partial charge in [0.2, 0.25) is 0 Å². The Morgan fingerprint density at radius 2 is 2.22 bits per heavy atom. The summed E-state index contributed by atoms with van der Waals surface area (Å²) < 4.78 is 20.3. The molecule has 1 aromatic carbocycles. The molecule has 23 heavy (non-hydrogen) atoms. The summed E-state index contributed by atoms with van der Waals surface area (Å²) in [7, 11) is 2.76. The minimum Gasteiger partial charge on any atom is -0.379 e. The zero-order valence-corrected chi connectivity index (χ0v) is 17.2. The van der Waals surface area contributed by atoms with Gasteiger partial charge < -0.3 is 9.64 Å². The lowest BCUT2D eigenvalue weighted by molar-refractivity contribution is 0.120. The first kappa shape index (κ1) is 19.2. The molecule has 0 spiro atoms. The Bertz CT molecular complexity index is 724. The molecule has 5 nitrogen and oxygen atoms in total. The van der Waals surface area contributed by atoms with E-state index in [1.165, 1.54) is 4.09 Å². The Morgan fingerprint density at radius 1 is 1.52 bits per heavy atom. The third-order valence-electron chi connectivity index (χ3n) is 3.27. The predicted molar refractivity (Wildman–Crippen MR) is 102 cm³/mol. The second kappa shape index (κ2) is 8.31. The number of thiol groups is 1. The molecule has 1 heterocycles. The Kier molecular flexibility index (Phi) is 6.94. The van der Waals surface area contributed by atoms with Crippen LogP contribution in [0.1, 0.15) is 6.92 Å². The van der Waals surface area contributed by atoms with Gasteiger partial charge in [0.05, 0.1) is 34.3 Å². The third-order valence-corrected chi connectivity index (χ3v) is 6.01. The Morgan fingerprint density at radius 3 is 2.87 bits per heavy atom. The van der Waals surface area contributed by atoms with Gasteiger partial charge >= 0.3 is 0 Å². The maximum atomic E-state index is 12.7. The second-order valence-corrected chi connectivity index (χ2v) is 8.88. The van der Waals surface area contributed by atoms with E-state index in [9.17, 15) is 4.21 Å². The maximum Gasteiger partial charge on any atom is 0.137 e. The molecule has 0 fully saturated rings. The van der Waals surface area contributed by atoms with Crippen molar-refractivity contribution in [3.8, 4) is 0 Å². The van der Waals surface area contributed by atoms with Crippen molar-refractivity contribution in [2.24, 2.45) is 0 Å². The standard InChI is InChI=1S/C14H19BrClN3O2S2/c1-9(8-21-5-4-18(2)3)23(20)10-6-11-13(12(16)7-10)19(22)17-14(11)15/h6-7,9,22H,4-5,8H2,1-3H3. The summed E-state index contributed by atoms with van der Waals surface area (Å²) in [6, 6.07) is 3.54. The van der Waals surface area contributed by atoms with Crippen LogP contribution in [0.4, 0.5) is 0 Å². The normalized spacial score (nSPS) is 14.6. The van der Waals surface area contributed by atoms with E-state index in [1.807, 2.05) is 32.0 Å². The average molecular weight is 441 g/mol. The molecule has 0 N–H and O–H groups in total. The van der Waals surface area contributed by atoms with Crippen molar-refractivity contribution in [2.75, 3.05) is 33.9 Å². The van der Waals surface area contributed by atoms with Crippen LogP contribution in [0.3, 0.4) is 0 Å². The number of hydrogen-bond donors (Lipinski definition) is 1.